The minimum absolute atomic E-state index is 0.330. The summed E-state index contributed by atoms with van der Waals surface area (Å²) in [6, 6.07) is 11.4. The third-order valence-electron chi connectivity index (χ3n) is 2.56. The highest BCUT2D eigenvalue weighted by atomic mass is 127. The molecule has 102 valence electrons. The molecule has 2 aromatic carbocycles. The smallest absolute Gasteiger partial charge is 0.342 e. The molecule has 0 amide bonds. The van der Waals surface area contributed by atoms with Gasteiger partial charge in [-0.3, -0.25) is 10.1 Å². The van der Waals surface area contributed by atoms with Crippen LogP contribution in [0.2, 0.25) is 0 Å². The number of benzene rings is 2. The number of nitrogens with zero attached hydrogens (tertiary/aromatic N) is 1. The summed E-state index contributed by atoms with van der Waals surface area (Å²) in [5.41, 5.74) is 0.460. The predicted octanol–water partition coefficient (Wildman–Crippen LogP) is 3.64. The lowest BCUT2D eigenvalue weighted by Crippen LogP contribution is -2.03. The highest BCUT2D eigenvalue weighted by molar-refractivity contribution is 14.1. The molecule has 0 aliphatic heterocycles. The second-order valence-corrected chi connectivity index (χ2v) is 5.17. The van der Waals surface area contributed by atoms with E-state index in [1.807, 2.05) is 24.3 Å². The van der Waals surface area contributed by atoms with Crippen molar-refractivity contribution in [1.82, 2.24) is 0 Å². The number of rotatable bonds is 4. The van der Waals surface area contributed by atoms with Crippen molar-refractivity contribution < 1.29 is 14.8 Å². The van der Waals surface area contributed by atoms with Crippen molar-refractivity contribution >= 4 is 45.6 Å². The summed E-state index contributed by atoms with van der Waals surface area (Å²) < 4.78 is 1.07. The van der Waals surface area contributed by atoms with Crippen molar-refractivity contribution in [2.45, 2.75) is 0 Å². The van der Waals surface area contributed by atoms with Crippen molar-refractivity contribution in [3.05, 3.63) is 61.7 Å². The molecule has 2 N–H and O–H groups in total. The molecule has 0 saturated carbocycles. The predicted molar refractivity (Wildman–Crippen MR) is 82.5 cm³/mol. The lowest BCUT2D eigenvalue weighted by atomic mass is 10.1. The van der Waals surface area contributed by atoms with Gasteiger partial charge in [-0.25, -0.2) is 4.79 Å². The number of carbonyl (C=O) groups is 1. The van der Waals surface area contributed by atoms with E-state index in [4.69, 9.17) is 5.11 Å². The molecule has 0 saturated heterocycles. The number of hydrogen-bond acceptors (Lipinski definition) is 4. The van der Waals surface area contributed by atoms with Crippen LogP contribution in [0.15, 0.2) is 42.5 Å². The summed E-state index contributed by atoms with van der Waals surface area (Å²) in [6.45, 7) is 0. The summed E-state index contributed by atoms with van der Waals surface area (Å²) in [6.07, 6.45) is 0. The Bertz CT molecular complexity index is 671. The topological polar surface area (TPSA) is 92.5 Å². The average Bonchev–Trinajstić information content (AvgIpc) is 2.41. The van der Waals surface area contributed by atoms with Gasteiger partial charge in [0.25, 0.3) is 5.69 Å². The summed E-state index contributed by atoms with van der Waals surface area (Å²) in [5, 5.41) is 22.8. The number of nitrogens with one attached hydrogen (secondary N) is 1. The molecule has 20 heavy (non-hydrogen) atoms. The fraction of sp³-hybridized carbons (Fsp3) is 0. The molecule has 0 aliphatic carbocycles. The Morgan fingerprint density at radius 2 is 1.75 bits per heavy atom. The van der Waals surface area contributed by atoms with E-state index >= 15 is 0 Å². The maximum absolute atomic E-state index is 10.9. The van der Waals surface area contributed by atoms with Crippen molar-refractivity contribution in [3.63, 3.8) is 0 Å². The van der Waals surface area contributed by atoms with E-state index in [2.05, 4.69) is 27.9 Å². The molecule has 0 fully saturated rings. The number of aromatic carboxylic acids is 1. The second kappa shape index (κ2) is 5.87. The first-order chi connectivity index (χ1) is 9.47. The van der Waals surface area contributed by atoms with Crippen LogP contribution in [0.4, 0.5) is 17.1 Å². The zero-order chi connectivity index (χ0) is 14.7. The van der Waals surface area contributed by atoms with Crippen molar-refractivity contribution in [2.75, 3.05) is 5.32 Å². The summed E-state index contributed by atoms with van der Waals surface area (Å²) in [5.74, 6) is -1.32. The summed E-state index contributed by atoms with van der Waals surface area (Å²) >= 11 is 2.17. The SMILES string of the molecule is O=C(O)c1ccc(Nc2ccc(I)cc2)cc1[N+](=O)[O-]. The van der Waals surface area contributed by atoms with Crippen LogP contribution in [-0.2, 0) is 0 Å². The maximum Gasteiger partial charge on any atom is 0.342 e. The Kier molecular flexibility index (Phi) is 4.18. The molecule has 0 unspecified atom stereocenters. The number of nitro groups is 1. The Balaban J connectivity index is 2.34. The van der Waals surface area contributed by atoms with Gasteiger partial charge in [0.1, 0.15) is 5.56 Å². The first-order valence-electron chi connectivity index (χ1n) is 5.51. The van der Waals surface area contributed by atoms with Crippen LogP contribution < -0.4 is 5.32 Å². The Hall–Kier alpha value is -2.16. The molecule has 0 bridgehead atoms. The molecule has 0 radical (unpaired) electrons. The van der Waals surface area contributed by atoms with Crippen LogP contribution in [0.1, 0.15) is 10.4 Å². The molecule has 2 aromatic rings. The van der Waals surface area contributed by atoms with Crippen LogP contribution >= 0.6 is 22.6 Å². The zero-order valence-electron chi connectivity index (χ0n) is 10.0. The second-order valence-electron chi connectivity index (χ2n) is 3.93. The Labute approximate surface area is 127 Å². The minimum atomic E-state index is -1.32. The van der Waals surface area contributed by atoms with Gasteiger partial charge in [0.15, 0.2) is 0 Å². The quantitative estimate of drug-likeness (QED) is 0.477. The molecular weight excluding hydrogens is 375 g/mol. The molecule has 0 atom stereocenters. The molecule has 0 spiro atoms. The van der Waals surface area contributed by atoms with E-state index in [-0.39, 0.29) is 5.56 Å². The molecular formula is C13H9IN2O4. The third-order valence-corrected chi connectivity index (χ3v) is 3.28. The van der Waals surface area contributed by atoms with E-state index in [1.54, 1.807) is 0 Å². The van der Waals surface area contributed by atoms with Crippen LogP contribution in [0.5, 0.6) is 0 Å². The Morgan fingerprint density at radius 3 is 2.30 bits per heavy atom. The van der Waals surface area contributed by atoms with Crippen LogP contribution in [0.25, 0.3) is 0 Å². The van der Waals surface area contributed by atoms with Crippen molar-refractivity contribution in [3.8, 4) is 0 Å². The van der Waals surface area contributed by atoms with E-state index in [0.717, 1.165) is 9.26 Å². The van der Waals surface area contributed by atoms with Crippen molar-refractivity contribution in [2.24, 2.45) is 0 Å². The highest BCUT2D eigenvalue weighted by Gasteiger charge is 2.19. The maximum atomic E-state index is 10.9. The Morgan fingerprint density at radius 1 is 1.15 bits per heavy atom. The normalized spacial score (nSPS) is 10.1. The largest absolute Gasteiger partial charge is 0.477 e. The van der Waals surface area contributed by atoms with Crippen LogP contribution in [0, 0.1) is 13.7 Å². The van der Waals surface area contributed by atoms with Gasteiger partial charge in [0, 0.05) is 21.0 Å². The molecule has 6 nitrogen and oxygen atoms in total. The van der Waals surface area contributed by atoms with Crippen molar-refractivity contribution in [1.29, 1.82) is 0 Å². The fourth-order valence-electron chi connectivity index (χ4n) is 1.64. The first-order valence-corrected chi connectivity index (χ1v) is 6.59. The number of halogens is 1. The van der Waals surface area contributed by atoms with Gasteiger partial charge in [-0.1, -0.05) is 0 Å². The molecule has 0 aromatic heterocycles. The lowest BCUT2D eigenvalue weighted by molar-refractivity contribution is -0.385. The van der Waals surface area contributed by atoms with Gasteiger partial charge < -0.3 is 10.4 Å². The standard InChI is InChI=1S/C13H9IN2O4/c14-8-1-3-9(4-2-8)15-10-5-6-11(13(17)18)12(7-10)16(19)20/h1-7,15H,(H,17,18). The monoisotopic (exact) mass is 384 g/mol. The highest BCUT2D eigenvalue weighted by Crippen LogP contribution is 2.25. The zero-order valence-corrected chi connectivity index (χ0v) is 12.2. The third kappa shape index (κ3) is 3.23. The summed E-state index contributed by atoms with van der Waals surface area (Å²) in [4.78, 5) is 21.1. The van der Waals surface area contributed by atoms with E-state index < -0.39 is 16.6 Å². The van der Waals surface area contributed by atoms with E-state index in [1.165, 1.54) is 18.2 Å². The van der Waals surface area contributed by atoms with Gasteiger partial charge >= 0.3 is 5.97 Å². The number of anilines is 2. The number of nitro benzene ring substituents is 1. The molecule has 0 aliphatic rings. The van der Waals surface area contributed by atoms with Crippen LogP contribution in [0.3, 0.4) is 0 Å². The number of carboxylic acid groups (broad SMARTS) is 1. The first kappa shape index (κ1) is 14.3. The fourth-order valence-corrected chi connectivity index (χ4v) is 2.00. The van der Waals surface area contributed by atoms with E-state index in [0.29, 0.717) is 5.69 Å². The van der Waals surface area contributed by atoms with Gasteiger partial charge in [-0.05, 0) is 59.0 Å². The van der Waals surface area contributed by atoms with Gasteiger partial charge in [0.2, 0.25) is 0 Å². The molecule has 2 rings (SSSR count). The summed E-state index contributed by atoms with van der Waals surface area (Å²) in [7, 11) is 0. The molecule has 0 heterocycles. The minimum Gasteiger partial charge on any atom is -0.477 e. The van der Waals surface area contributed by atoms with Crippen LogP contribution in [-0.4, -0.2) is 16.0 Å². The number of carboxylic acids is 1. The van der Waals surface area contributed by atoms with Gasteiger partial charge in [-0.2, -0.15) is 0 Å². The van der Waals surface area contributed by atoms with Gasteiger partial charge in [-0.15, -0.1) is 0 Å². The average molecular weight is 384 g/mol. The van der Waals surface area contributed by atoms with E-state index in [9.17, 15) is 14.9 Å². The number of hydrogen-bond donors (Lipinski definition) is 2. The van der Waals surface area contributed by atoms with Gasteiger partial charge in [0.05, 0.1) is 4.92 Å². The lowest BCUT2D eigenvalue weighted by Gasteiger charge is -2.07. The molecule has 7 heteroatoms.